The van der Waals surface area contributed by atoms with Crippen molar-refractivity contribution < 1.29 is 0 Å². The molecule has 0 aliphatic heterocycles. The number of anilines is 1. The quantitative estimate of drug-likeness (QED) is 0.446. The average Bonchev–Trinajstić information content (AvgIpc) is 2.29. The highest BCUT2D eigenvalue weighted by atomic mass is 35.5. The van der Waals surface area contributed by atoms with E-state index < -0.39 is 0 Å². The first-order valence-electron chi connectivity index (χ1n) is 5.37. The molecule has 0 saturated heterocycles. The SMILES string of the molecule is CSc1cc(N(CCCCl)C(C)C)ncn1. The van der Waals surface area contributed by atoms with Gasteiger partial charge in [0.05, 0.1) is 0 Å². The van der Waals surface area contributed by atoms with Crippen molar-refractivity contribution in [3.8, 4) is 0 Å². The normalized spacial score (nSPS) is 10.8. The van der Waals surface area contributed by atoms with Crippen molar-refractivity contribution in [2.24, 2.45) is 0 Å². The molecule has 0 saturated carbocycles. The fourth-order valence-electron chi connectivity index (χ4n) is 1.47. The number of hydrogen-bond donors (Lipinski definition) is 0. The maximum atomic E-state index is 5.73. The van der Waals surface area contributed by atoms with Crippen LogP contribution in [0.25, 0.3) is 0 Å². The summed E-state index contributed by atoms with van der Waals surface area (Å²) in [5.74, 6) is 1.67. The van der Waals surface area contributed by atoms with E-state index in [1.165, 1.54) is 0 Å². The van der Waals surface area contributed by atoms with Crippen LogP contribution in [0, 0.1) is 0 Å². The van der Waals surface area contributed by atoms with Crippen molar-refractivity contribution in [1.82, 2.24) is 9.97 Å². The standard InChI is InChI=1S/C11H18ClN3S/c1-9(2)15(6-4-5-12)10-7-11(16-3)14-8-13-10/h7-9H,4-6H2,1-3H3. The van der Waals surface area contributed by atoms with E-state index in [4.69, 9.17) is 11.6 Å². The number of halogens is 1. The van der Waals surface area contributed by atoms with E-state index in [0.717, 1.165) is 23.8 Å². The van der Waals surface area contributed by atoms with Crippen LogP contribution in [0.5, 0.6) is 0 Å². The summed E-state index contributed by atoms with van der Waals surface area (Å²) >= 11 is 7.36. The predicted molar refractivity (Wildman–Crippen MR) is 71.6 cm³/mol. The molecule has 0 fully saturated rings. The van der Waals surface area contributed by atoms with Gasteiger partial charge >= 0.3 is 0 Å². The lowest BCUT2D eigenvalue weighted by atomic mass is 10.3. The molecule has 0 N–H and O–H groups in total. The van der Waals surface area contributed by atoms with Crippen LogP contribution < -0.4 is 4.90 Å². The summed E-state index contributed by atoms with van der Waals surface area (Å²) in [6, 6.07) is 2.45. The van der Waals surface area contributed by atoms with E-state index >= 15 is 0 Å². The van der Waals surface area contributed by atoms with Gasteiger partial charge in [-0.05, 0) is 26.5 Å². The second-order valence-electron chi connectivity index (χ2n) is 3.75. The number of rotatable bonds is 6. The maximum absolute atomic E-state index is 5.73. The van der Waals surface area contributed by atoms with Crippen LogP contribution in [0.3, 0.4) is 0 Å². The largest absolute Gasteiger partial charge is 0.354 e. The Kier molecular flexibility index (Phi) is 5.91. The van der Waals surface area contributed by atoms with Gasteiger partial charge in [0.1, 0.15) is 17.2 Å². The van der Waals surface area contributed by atoms with Gasteiger partial charge in [-0.3, -0.25) is 0 Å². The molecule has 0 unspecified atom stereocenters. The van der Waals surface area contributed by atoms with Crippen molar-refractivity contribution in [1.29, 1.82) is 0 Å². The van der Waals surface area contributed by atoms with Crippen LogP contribution in [-0.2, 0) is 0 Å². The summed E-state index contributed by atoms with van der Waals surface area (Å²) in [5, 5.41) is 1.00. The van der Waals surface area contributed by atoms with Crippen LogP contribution in [-0.4, -0.2) is 34.7 Å². The number of thioether (sulfide) groups is 1. The number of nitrogens with zero attached hydrogens (tertiary/aromatic N) is 3. The molecule has 0 aromatic carbocycles. The average molecular weight is 260 g/mol. The summed E-state index contributed by atoms with van der Waals surface area (Å²) < 4.78 is 0. The first-order valence-corrected chi connectivity index (χ1v) is 7.13. The van der Waals surface area contributed by atoms with Gasteiger partial charge in [0.25, 0.3) is 0 Å². The molecule has 0 atom stereocenters. The minimum Gasteiger partial charge on any atom is -0.354 e. The van der Waals surface area contributed by atoms with Crippen molar-refractivity contribution in [3.63, 3.8) is 0 Å². The zero-order chi connectivity index (χ0) is 12.0. The van der Waals surface area contributed by atoms with Crippen LogP contribution in [0.15, 0.2) is 17.4 Å². The predicted octanol–water partition coefficient (Wildman–Crippen LogP) is 3.04. The maximum Gasteiger partial charge on any atom is 0.133 e. The molecule has 0 aliphatic rings. The Hall–Kier alpha value is -0.480. The van der Waals surface area contributed by atoms with E-state index in [2.05, 4.69) is 28.7 Å². The molecule has 1 heterocycles. The van der Waals surface area contributed by atoms with Crippen LogP contribution in [0.2, 0.25) is 0 Å². The van der Waals surface area contributed by atoms with Gasteiger partial charge in [-0.1, -0.05) is 0 Å². The molecule has 0 bridgehead atoms. The van der Waals surface area contributed by atoms with E-state index in [1.54, 1.807) is 18.1 Å². The summed E-state index contributed by atoms with van der Waals surface area (Å²) in [6.07, 6.45) is 4.61. The Morgan fingerprint density at radius 1 is 1.44 bits per heavy atom. The van der Waals surface area contributed by atoms with E-state index in [1.807, 2.05) is 12.3 Å². The van der Waals surface area contributed by atoms with Gasteiger partial charge in [-0.15, -0.1) is 23.4 Å². The molecular weight excluding hydrogens is 242 g/mol. The fraction of sp³-hybridized carbons (Fsp3) is 0.636. The summed E-state index contributed by atoms with van der Waals surface area (Å²) in [7, 11) is 0. The summed E-state index contributed by atoms with van der Waals surface area (Å²) in [4.78, 5) is 10.8. The summed E-state index contributed by atoms with van der Waals surface area (Å²) in [5.41, 5.74) is 0. The molecule has 1 aromatic heterocycles. The van der Waals surface area contributed by atoms with Gasteiger partial charge in [-0.25, -0.2) is 9.97 Å². The van der Waals surface area contributed by atoms with Gasteiger partial charge < -0.3 is 4.90 Å². The zero-order valence-electron chi connectivity index (χ0n) is 9.98. The highest BCUT2D eigenvalue weighted by molar-refractivity contribution is 7.98. The van der Waals surface area contributed by atoms with Crippen LogP contribution in [0.4, 0.5) is 5.82 Å². The second-order valence-corrected chi connectivity index (χ2v) is 4.95. The van der Waals surface area contributed by atoms with E-state index in [9.17, 15) is 0 Å². The number of aromatic nitrogens is 2. The highest BCUT2D eigenvalue weighted by Crippen LogP contribution is 2.19. The van der Waals surface area contributed by atoms with Crippen molar-refractivity contribution >= 4 is 29.2 Å². The zero-order valence-corrected chi connectivity index (χ0v) is 11.6. The molecule has 0 spiro atoms. The van der Waals surface area contributed by atoms with E-state index in [-0.39, 0.29) is 0 Å². The lowest BCUT2D eigenvalue weighted by Crippen LogP contribution is -2.32. The molecule has 1 rings (SSSR count). The van der Waals surface area contributed by atoms with E-state index in [0.29, 0.717) is 11.9 Å². The molecule has 90 valence electrons. The first kappa shape index (κ1) is 13.6. The molecule has 0 radical (unpaired) electrons. The molecular formula is C11H18ClN3S. The molecule has 1 aromatic rings. The Morgan fingerprint density at radius 3 is 2.75 bits per heavy atom. The van der Waals surface area contributed by atoms with Gasteiger partial charge in [0, 0.05) is 24.5 Å². The monoisotopic (exact) mass is 259 g/mol. The van der Waals surface area contributed by atoms with Crippen molar-refractivity contribution in [3.05, 3.63) is 12.4 Å². The van der Waals surface area contributed by atoms with Crippen molar-refractivity contribution in [2.45, 2.75) is 31.3 Å². The molecule has 3 nitrogen and oxygen atoms in total. The molecule has 5 heteroatoms. The Labute approximate surface area is 107 Å². The third kappa shape index (κ3) is 3.83. The minimum atomic E-state index is 0.424. The first-order chi connectivity index (χ1) is 7.69. The van der Waals surface area contributed by atoms with Gasteiger partial charge in [0.15, 0.2) is 0 Å². The van der Waals surface area contributed by atoms with Gasteiger partial charge in [-0.2, -0.15) is 0 Å². The Morgan fingerprint density at radius 2 is 2.19 bits per heavy atom. The van der Waals surface area contributed by atoms with Crippen molar-refractivity contribution in [2.75, 3.05) is 23.6 Å². The summed E-state index contributed by atoms with van der Waals surface area (Å²) in [6.45, 7) is 5.26. The Balaban J connectivity index is 2.82. The lowest BCUT2D eigenvalue weighted by Gasteiger charge is -2.27. The van der Waals surface area contributed by atoms with Crippen LogP contribution in [0.1, 0.15) is 20.3 Å². The minimum absolute atomic E-state index is 0.424. The van der Waals surface area contributed by atoms with Crippen LogP contribution >= 0.6 is 23.4 Å². The molecule has 0 aliphatic carbocycles. The molecule has 16 heavy (non-hydrogen) atoms. The smallest absolute Gasteiger partial charge is 0.133 e. The third-order valence-electron chi connectivity index (χ3n) is 2.29. The second kappa shape index (κ2) is 6.97. The third-order valence-corrected chi connectivity index (χ3v) is 3.20. The highest BCUT2D eigenvalue weighted by Gasteiger charge is 2.11. The number of alkyl halides is 1. The Bertz CT molecular complexity index is 320. The fourth-order valence-corrected chi connectivity index (χ4v) is 1.96. The van der Waals surface area contributed by atoms with Gasteiger partial charge in [0.2, 0.25) is 0 Å². The topological polar surface area (TPSA) is 29.0 Å². The lowest BCUT2D eigenvalue weighted by molar-refractivity contribution is 0.660. The number of hydrogen-bond acceptors (Lipinski definition) is 4. The molecule has 0 amide bonds.